The van der Waals surface area contributed by atoms with Crippen LogP contribution in [0.25, 0.3) is 0 Å². The van der Waals surface area contributed by atoms with Crippen molar-refractivity contribution in [2.45, 2.75) is 6.92 Å². The fraction of sp³-hybridized carbons (Fsp3) is 0.125. The van der Waals surface area contributed by atoms with Gasteiger partial charge in [-0.2, -0.15) is 0 Å². The molecule has 2 aromatic carbocycles. The Morgan fingerprint density at radius 2 is 1.70 bits per heavy atom. The van der Waals surface area contributed by atoms with E-state index < -0.39 is 5.97 Å². The lowest BCUT2D eigenvalue weighted by molar-refractivity contribution is 0.0599. The van der Waals surface area contributed by atoms with Gasteiger partial charge in [-0.15, -0.1) is 0 Å². The molecule has 0 heterocycles. The van der Waals surface area contributed by atoms with Gasteiger partial charge in [0.25, 0.3) is 0 Å². The molecular weight excluding hydrogens is 254 g/mol. The van der Waals surface area contributed by atoms with E-state index in [1.807, 2.05) is 19.1 Å². The summed E-state index contributed by atoms with van der Waals surface area (Å²) in [7, 11) is 1.26. The third-order valence-corrected chi connectivity index (χ3v) is 3.04. The zero-order valence-corrected chi connectivity index (χ0v) is 11.3. The molecule has 0 fully saturated rings. The lowest BCUT2D eigenvalue weighted by atomic mass is 9.96. The average molecular weight is 269 g/mol. The third-order valence-electron chi connectivity index (χ3n) is 3.04. The molecule has 0 aliphatic heterocycles. The van der Waals surface area contributed by atoms with Crippen molar-refractivity contribution in [3.63, 3.8) is 0 Å². The zero-order valence-electron chi connectivity index (χ0n) is 11.3. The number of ether oxygens (including phenoxy) is 1. The van der Waals surface area contributed by atoms with Crippen LogP contribution in [0.15, 0.2) is 42.5 Å². The van der Waals surface area contributed by atoms with Crippen molar-refractivity contribution in [3.05, 3.63) is 64.7 Å². The number of carbonyl (C=O) groups excluding carboxylic acids is 2. The number of ketones is 1. The monoisotopic (exact) mass is 269 g/mol. The Morgan fingerprint density at radius 1 is 1.05 bits per heavy atom. The summed E-state index contributed by atoms with van der Waals surface area (Å²) in [6.07, 6.45) is 0. The number of benzene rings is 2. The van der Waals surface area contributed by atoms with E-state index in [9.17, 15) is 9.59 Å². The molecule has 0 radical (unpaired) electrons. The minimum absolute atomic E-state index is 0.112. The average Bonchev–Trinajstić information content (AvgIpc) is 2.46. The highest BCUT2D eigenvalue weighted by atomic mass is 16.5. The summed E-state index contributed by atoms with van der Waals surface area (Å²) in [5.41, 5.74) is 7.94. The molecule has 102 valence electrons. The summed E-state index contributed by atoms with van der Waals surface area (Å²) >= 11 is 0. The van der Waals surface area contributed by atoms with Gasteiger partial charge in [0.05, 0.1) is 12.7 Å². The van der Waals surface area contributed by atoms with Crippen molar-refractivity contribution < 1.29 is 14.3 Å². The first-order valence-electron chi connectivity index (χ1n) is 6.12. The Labute approximate surface area is 117 Å². The Hall–Kier alpha value is -2.62. The molecule has 0 aliphatic rings. The number of aryl methyl sites for hydroxylation is 1. The minimum Gasteiger partial charge on any atom is -0.465 e. The zero-order chi connectivity index (χ0) is 14.7. The predicted octanol–water partition coefficient (Wildman–Crippen LogP) is 2.59. The van der Waals surface area contributed by atoms with Gasteiger partial charge in [-0.05, 0) is 13.0 Å². The van der Waals surface area contributed by atoms with Crippen LogP contribution in [0, 0.1) is 6.92 Å². The third kappa shape index (κ3) is 2.54. The lowest BCUT2D eigenvalue weighted by Gasteiger charge is -2.09. The van der Waals surface area contributed by atoms with E-state index in [1.165, 1.54) is 7.11 Å². The van der Waals surface area contributed by atoms with Crippen molar-refractivity contribution in [3.8, 4) is 0 Å². The van der Waals surface area contributed by atoms with Gasteiger partial charge in [0.1, 0.15) is 0 Å². The molecule has 20 heavy (non-hydrogen) atoms. The topological polar surface area (TPSA) is 69.4 Å². The van der Waals surface area contributed by atoms with E-state index in [2.05, 4.69) is 0 Å². The number of esters is 1. The molecule has 2 aromatic rings. The number of carbonyl (C=O) groups is 2. The summed E-state index contributed by atoms with van der Waals surface area (Å²) in [6, 6.07) is 11.9. The van der Waals surface area contributed by atoms with Gasteiger partial charge < -0.3 is 10.5 Å². The van der Waals surface area contributed by atoms with Crippen molar-refractivity contribution in [1.29, 1.82) is 0 Å². The molecule has 0 bridgehead atoms. The van der Waals surface area contributed by atoms with Crippen molar-refractivity contribution in [1.82, 2.24) is 0 Å². The van der Waals surface area contributed by atoms with Crippen LogP contribution in [0.1, 0.15) is 31.8 Å². The first-order chi connectivity index (χ1) is 9.54. The molecule has 0 amide bonds. The minimum atomic E-state index is -0.612. The molecule has 0 saturated carbocycles. The second-order valence-electron chi connectivity index (χ2n) is 4.46. The van der Waals surface area contributed by atoms with Crippen molar-refractivity contribution in [2.24, 2.45) is 0 Å². The molecule has 0 saturated heterocycles. The van der Waals surface area contributed by atoms with Gasteiger partial charge in [-0.1, -0.05) is 42.0 Å². The number of nitrogens with two attached hydrogens (primary N) is 1. The van der Waals surface area contributed by atoms with Crippen LogP contribution in [-0.4, -0.2) is 18.9 Å². The van der Waals surface area contributed by atoms with Crippen molar-refractivity contribution in [2.75, 3.05) is 12.8 Å². The molecule has 0 aliphatic carbocycles. The van der Waals surface area contributed by atoms with Crippen LogP contribution in [-0.2, 0) is 4.74 Å². The highest BCUT2D eigenvalue weighted by Gasteiger charge is 2.21. The van der Waals surface area contributed by atoms with Gasteiger partial charge in [0, 0.05) is 16.8 Å². The molecule has 2 rings (SSSR count). The highest BCUT2D eigenvalue weighted by Crippen LogP contribution is 2.21. The second-order valence-corrected chi connectivity index (χ2v) is 4.46. The quantitative estimate of drug-likeness (QED) is 0.528. The van der Waals surface area contributed by atoms with Crippen LogP contribution in [0.3, 0.4) is 0 Å². The number of hydrogen-bond acceptors (Lipinski definition) is 4. The maximum Gasteiger partial charge on any atom is 0.340 e. The number of methoxy groups -OCH3 is 1. The summed E-state index contributed by atoms with van der Waals surface area (Å²) in [5.74, 6) is -0.865. The van der Waals surface area contributed by atoms with E-state index >= 15 is 0 Å². The SMILES string of the molecule is COC(=O)c1c(N)cccc1C(=O)c1ccc(C)cc1. The normalized spacial score (nSPS) is 10.1. The van der Waals surface area contributed by atoms with E-state index in [0.717, 1.165) is 5.56 Å². The van der Waals surface area contributed by atoms with Crippen molar-refractivity contribution >= 4 is 17.4 Å². The molecular formula is C16H15NO3. The fourth-order valence-corrected chi connectivity index (χ4v) is 1.95. The Balaban J connectivity index is 2.52. The van der Waals surface area contributed by atoms with Crippen LogP contribution in [0.2, 0.25) is 0 Å². The summed E-state index contributed by atoms with van der Waals surface area (Å²) in [4.78, 5) is 24.3. The summed E-state index contributed by atoms with van der Waals surface area (Å²) in [5, 5.41) is 0. The maximum absolute atomic E-state index is 12.5. The van der Waals surface area contributed by atoms with E-state index in [0.29, 0.717) is 5.56 Å². The van der Waals surface area contributed by atoms with E-state index in [-0.39, 0.29) is 22.6 Å². The van der Waals surface area contributed by atoms with Crippen LogP contribution < -0.4 is 5.73 Å². The van der Waals surface area contributed by atoms with Crippen LogP contribution in [0.5, 0.6) is 0 Å². The smallest absolute Gasteiger partial charge is 0.340 e. The number of nitrogen functional groups attached to an aromatic ring is 1. The fourth-order valence-electron chi connectivity index (χ4n) is 1.95. The number of hydrogen-bond donors (Lipinski definition) is 1. The Bertz CT molecular complexity index is 660. The predicted molar refractivity (Wildman–Crippen MR) is 76.8 cm³/mol. The first kappa shape index (κ1) is 13.8. The maximum atomic E-state index is 12.5. The van der Waals surface area contributed by atoms with Gasteiger partial charge in [0.15, 0.2) is 5.78 Å². The molecule has 0 aromatic heterocycles. The van der Waals surface area contributed by atoms with Gasteiger partial charge in [0.2, 0.25) is 0 Å². The molecule has 0 atom stereocenters. The molecule has 4 nitrogen and oxygen atoms in total. The molecule has 4 heteroatoms. The molecule has 2 N–H and O–H groups in total. The second kappa shape index (κ2) is 5.57. The van der Waals surface area contributed by atoms with Crippen LogP contribution in [0.4, 0.5) is 5.69 Å². The Morgan fingerprint density at radius 3 is 2.30 bits per heavy atom. The number of anilines is 1. The van der Waals surface area contributed by atoms with Crippen LogP contribution >= 0.6 is 0 Å². The molecule has 0 unspecified atom stereocenters. The van der Waals surface area contributed by atoms with Gasteiger partial charge in [-0.25, -0.2) is 4.79 Å². The highest BCUT2D eigenvalue weighted by molar-refractivity contribution is 6.16. The summed E-state index contributed by atoms with van der Waals surface area (Å²) in [6.45, 7) is 1.94. The number of rotatable bonds is 3. The van der Waals surface area contributed by atoms with Gasteiger partial charge in [-0.3, -0.25) is 4.79 Å². The standard InChI is InChI=1S/C16H15NO3/c1-10-6-8-11(9-7-10)15(18)12-4-3-5-13(17)14(12)16(19)20-2/h3-9H,17H2,1-2H3. The first-order valence-corrected chi connectivity index (χ1v) is 6.12. The molecule has 0 spiro atoms. The Kier molecular flexibility index (Phi) is 3.84. The van der Waals surface area contributed by atoms with E-state index in [4.69, 9.17) is 10.5 Å². The van der Waals surface area contributed by atoms with Gasteiger partial charge >= 0.3 is 5.97 Å². The lowest BCUT2D eigenvalue weighted by Crippen LogP contribution is -2.14. The summed E-state index contributed by atoms with van der Waals surface area (Å²) < 4.78 is 4.69. The largest absolute Gasteiger partial charge is 0.465 e. The van der Waals surface area contributed by atoms with E-state index in [1.54, 1.807) is 30.3 Å².